The highest BCUT2D eigenvalue weighted by atomic mass is 19.4. The first-order valence-corrected chi connectivity index (χ1v) is 6.85. The molecular formula is C15H18F3NO2. The Morgan fingerprint density at radius 2 is 1.90 bits per heavy atom. The molecule has 0 aliphatic carbocycles. The molecule has 21 heavy (non-hydrogen) atoms. The van der Waals surface area contributed by atoms with Crippen molar-refractivity contribution in [2.75, 3.05) is 19.6 Å². The lowest BCUT2D eigenvalue weighted by Gasteiger charge is -2.18. The molecule has 1 saturated heterocycles. The zero-order valence-electron chi connectivity index (χ0n) is 11.7. The number of alkyl halides is 3. The van der Waals surface area contributed by atoms with Gasteiger partial charge in [-0.1, -0.05) is 29.8 Å². The van der Waals surface area contributed by atoms with Crippen molar-refractivity contribution in [3.63, 3.8) is 0 Å². The van der Waals surface area contributed by atoms with Gasteiger partial charge in [-0.05, 0) is 18.9 Å². The SMILES string of the molecule is Cc1ccc(CCN2C[C@@H](C(F)(F)F)[C@H](C(=O)O)C2)cc1. The Labute approximate surface area is 121 Å². The van der Waals surface area contributed by atoms with E-state index in [0.717, 1.165) is 11.1 Å². The highest BCUT2D eigenvalue weighted by molar-refractivity contribution is 5.71. The highest BCUT2D eigenvalue weighted by Gasteiger charge is 2.52. The van der Waals surface area contributed by atoms with Gasteiger partial charge in [-0.3, -0.25) is 4.79 Å². The largest absolute Gasteiger partial charge is 0.481 e. The van der Waals surface area contributed by atoms with Gasteiger partial charge in [0.1, 0.15) is 0 Å². The maximum Gasteiger partial charge on any atom is 0.393 e. The molecule has 0 spiro atoms. The maximum atomic E-state index is 12.9. The number of carboxylic acid groups (broad SMARTS) is 1. The standard InChI is InChI=1S/C15H18F3NO2/c1-10-2-4-11(5-3-10)6-7-19-8-12(14(20)21)13(9-19)15(16,17)18/h2-5,12-13H,6-9H2,1H3,(H,20,21)/t12-,13-/m1/s1. The van der Waals surface area contributed by atoms with Crippen LogP contribution in [0.3, 0.4) is 0 Å². The summed E-state index contributed by atoms with van der Waals surface area (Å²) in [7, 11) is 0. The number of benzene rings is 1. The van der Waals surface area contributed by atoms with Crippen molar-refractivity contribution in [2.45, 2.75) is 19.5 Å². The summed E-state index contributed by atoms with van der Waals surface area (Å²) in [6.45, 7) is 2.15. The van der Waals surface area contributed by atoms with Gasteiger partial charge in [0.15, 0.2) is 0 Å². The average Bonchev–Trinajstić information content (AvgIpc) is 2.82. The van der Waals surface area contributed by atoms with Crippen LogP contribution in [0.2, 0.25) is 0 Å². The summed E-state index contributed by atoms with van der Waals surface area (Å²) in [6.07, 6.45) is -3.83. The number of likely N-dealkylation sites (tertiary alicyclic amines) is 1. The molecule has 6 heteroatoms. The zero-order valence-corrected chi connectivity index (χ0v) is 11.7. The first-order chi connectivity index (χ1) is 9.77. The van der Waals surface area contributed by atoms with Crippen LogP contribution in [0.4, 0.5) is 13.2 Å². The fourth-order valence-corrected chi connectivity index (χ4v) is 2.69. The molecule has 0 saturated carbocycles. The first-order valence-electron chi connectivity index (χ1n) is 6.85. The predicted octanol–water partition coefficient (Wildman–Crippen LogP) is 2.73. The van der Waals surface area contributed by atoms with E-state index in [1.54, 1.807) is 4.90 Å². The summed E-state index contributed by atoms with van der Waals surface area (Å²) in [5, 5.41) is 8.95. The Hall–Kier alpha value is -1.56. The number of aryl methyl sites for hydroxylation is 1. The molecule has 1 aliphatic rings. The molecule has 1 N–H and O–H groups in total. The monoisotopic (exact) mass is 301 g/mol. The fraction of sp³-hybridized carbons (Fsp3) is 0.533. The molecule has 0 aromatic heterocycles. The number of nitrogens with zero attached hydrogens (tertiary/aromatic N) is 1. The molecule has 0 unspecified atom stereocenters. The Kier molecular flexibility index (Phi) is 4.56. The zero-order chi connectivity index (χ0) is 15.6. The second kappa shape index (κ2) is 6.05. The molecule has 1 aromatic carbocycles. The summed E-state index contributed by atoms with van der Waals surface area (Å²) in [4.78, 5) is 12.6. The minimum Gasteiger partial charge on any atom is -0.481 e. The normalized spacial score (nSPS) is 23.4. The van der Waals surface area contributed by atoms with Crippen molar-refractivity contribution in [2.24, 2.45) is 11.8 Å². The molecule has 0 bridgehead atoms. The van der Waals surface area contributed by atoms with Crippen molar-refractivity contribution in [3.8, 4) is 0 Å². The first kappa shape index (κ1) is 15.8. The van der Waals surface area contributed by atoms with E-state index in [1.807, 2.05) is 31.2 Å². The predicted molar refractivity (Wildman–Crippen MR) is 72.0 cm³/mol. The summed E-state index contributed by atoms with van der Waals surface area (Å²) in [5.74, 6) is -4.49. The molecule has 2 atom stereocenters. The van der Waals surface area contributed by atoms with Crippen LogP contribution < -0.4 is 0 Å². The van der Waals surface area contributed by atoms with Crippen LogP contribution in [0.25, 0.3) is 0 Å². The second-order valence-electron chi connectivity index (χ2n) is 5.59. The fourth-order valence-electron chi connectivity index (χ4n) is 2.69. The number of carbonyl (C=O) groups is 1. The summed E-state index contributed by atoms with van der Waals surface area (Å²) >= 11 is 0. The van der Waals surface area contributed by atoms with Gasteiger partial charge in [0.2, 0.25) is 0 Å². The van der Waals surface area contributed by atoms with Gasteiger partial charge in [0.25, 0.3) is 0 Å². The van der Waals surface area contributed by atoms with Crippen molar-refractivity contribution in [1.29, 1.82) is 0 Å². The lowest BCUT2D eigenvalue weighted by atomic mass is 9.96. The van der Waals surface area contributed by atoms with Crippen LogP contribution in [0.1, 0.15) is 11.1 Å². The van der Waals surface area contributed by atoms with E-state index in [1.165, 1.54) is 0 Å². The van der Waals surface area contributed by atoms with E-state index in [2.05, 4.69) is 0 Å². The van der Waals surface area contributed by atoms with Gasteiger partial charge in [0, 0.05) is 19.6 Å². The molecule has 0 radical (unpaired) electrons. The van der Waals surface area contributed by atoms with Crippen molar-refractivity contribution in [3.05, 3.63) is 35.4 Å². The van der Waals surface area contributed by atoms with Crippen LogP contribution in [0.15, 0.2) is 24.3 Å². The van der Waals surface area contributed by atoms with Gasteiger partial charge in [-0.25, -0.2) is 0 Å². The Bertz CT molecular complexity index is 499. The van der Waals surface area contributed by atoms with Crippen molar-refractivity contribution >= 4 is 5.97 Å². The number of rotatable bonds is 4. The van der Waals surface area contributed by atoms with Crippen LogP contribution in [0, 0.1) is 18.8 Å². The smallest absolute Gasteiger partial charge is 0.393 e. The second-order valence-corrected chi connectivity index (χ2v) is 5.59. The molecular weight excluding hydrogens is 283 g/mol. The van der Waals surface area contributed by atoms with Gasteiger partial charge in [-0.15, -0.1) is 0 Å². The lowest BCUT2D eigenvalue weighted by Crippen LogP contribution is -2.33. The van der Waals surface area contributed by atoms with E-state index in [0.29, 0.717) is 13.0 Å². The maximum absolute atomic E-state index is 12.9. The van der Waals surface area contributed by atoms with E-state index in [4.69, 9.17) is 5.11 Å². The molecule has 0 amide bonds. The molecule has 1 fully saturated rings. The number of carboxylic acids is 1. The van der Waals surface area contributed by atoms with Gasteiger partial charge < -0.3 is 10.0 Å². The topological polar surface area (TPSA) is 40.5 Å². The van der Waals surface area contributed by atoms with Crippen LogP contribution in [-0.4, -0.2) is 41.8 Å². The molecule has 1 heterocycles. The Morgan fingerprint density at radius 1 is 1.29 bits per heavy atom. The van der Waals surface area contributed by atoms with Crippen LogP contribution in [-0.2, 0) is 11.2 Å². The quantitative estimate of drug-likeness (QED) is 0.929. The summed E-state index contributed by atoms with van der Waals surface area (Å²) < 4.78 is 38.6. The van der Waals surface area contributed by atoms with Crippen LogP contribution >= 0.6 is 0 Å². The minimum absolute atomic E-state index is 0.0363. The average molecular weight is 301 g/mol. The van der Waals surface area contributed by atoms with E-state index in [9.17, 15) is 18.0 Å². The third kappa shape index (κ3) is 3.97. The van der Waals surface area contributed by atoms with E-state index in [-0.39, 0.29) is 13.1 Å². The van der Waals surface area contributed by atoms with Gasteiger partial charge >= 0.3 is 12.1 Å². The Balaban J connectivity index is 1.96. The van der Waals surface area contributed by atoms with Crippen molar-refractivity contribution in [1.82, 2.24) is 4.90 Å². The third-order valence-corrected chi connectivity index (χ3v) is 3.97. The Morgan fingerprint density at radius 3 is 2.38 bits per heavy atom. The molecule has 3 nitrogen and oxygen atoms in total. The number of hydrogen-bond donors (Lipinski definition) is 1. The highest BCUT2D eigenvalue weighted by Crippen LogP contribution is 2.37. The molecule has 1 aliphatic heterocycles. The van der Waals surface area contributed by atoms with Gasteiger partial charge in [-0.2, -0.15) is 13.2 Å². The van der Waals surface area contributed by atoms with Crippen LogP contribution in [0.5, 0.6) is 0 Å². The molecule has 1 aromatic rings. The van der Waals surface area contributed by atoms with E-state index < -0.39 is 24.0 Å². The minimum atomic E-state index is -4.46. The van der Waals surface area contributed by atoms with Gasteiger partial charge in [0.05, 0.1) is 11.8 Å². The third-order valence-electron chi connectivity index (χ3n) is 3.97. The summed E-state index contributed by atoms with van der Waals surface area (Å²) in [6, 6.07) is 7.80. The molecule has 2 rings (SSSR count). The molecule has 116 valence electrons. The number of aliphatic carboxylic acids is 1. The van der Waals surface area contributed by atoms with E-state index >= 15 is 0 Å². The number of hydrogen-bond acceptors (Lipinski definition) is 2. The summed E-state index contributed by atoms with van der Waals surface area (Å²) in [5.41, 5.74) is 2.17. The lowest BCUT2D eigenvalue weighted by molar-refractivity contribution is -0.188. The number of halogens is 3. The van der Waals surface area contributed by atoms with Crippen molar-refractivity contribution < 1.29 is 23.1 Å².